The molecule has 1 unspecified atom stereocenters. The van der Waals surface area contributed by atoms with Crippen molar-refractivity contribution in [2.45, 2.75) is 144 Å². The quantitative estimate of drug-likeness (QED) is 0.0118. The number of hydrogen-bond acceptors (Lipinski definition) is 16. The molecule has 0 fully saturated rings. The van der Waals surface area contributed by atoms with E-state index < -0.39 is 37.6 Å². The molecule has 0 bridgehead atoms. The predicted molar refractivity (Wildman–Crippen MR) is 510 cm³/mol. The molecule has 10 aromatic rings. The topological polar surface area (TPSA) is 254 Å². The number of ketones is 3. The maximum atomic E-state index is 12.6. The third-order valence-electron chi connectivity index (χ3n) is 15.1. The fourth-order valence-corrected chi connectivity index (χ4v) is 13.7. The van der Waals surface area contributed by atoms with Gasteiger partial charge in [0.2, 0.25) is 9.05 Å². The zero-order valence-corrected chi connectivity index (χ0v) is 86.7. The number of benzene rings is 10. The summed E-state index contributed by atoms with van der Waals surface area (Å²) in [6, 6.07) is 59.4. The average Bonchev–Trinajstić information content (AvgIpc) is 0.821. The summed E-state index contributed by atoms with van der Waals surface area (Å²) in [5.74, 6) is -1.65. The minimum absolute atomic E-state index is 0. The number of ether oxygens (including phenoxy) is 4. The molecular weight excluding hydrogens is 2170 g/mol. The summed E-state index contributed by atoms with van der Waals surface area (Å²) in [5, 5.41) is 14.3. The molecule has 0 aromatic heterocycles. The number of halogens is 14. The summed E-state index contributed by atoms with van der Waals surface area (Å²) in [5.41, 5.74) is 12.1. The van der Waals surface area contributed by atoms with E-state index in [0.717, 1.165) is 43.6 Å². The Morgan fingerprint density at radius 2 is 0.732 bits per heavy atom. The van der Waals surface area contributed by atoms with Crippen molar-refractivity contribution >= 4 is 257 Å². The molecule has 0 aliphatic rings. The number of carbonyl (C=O) groups is 8. The normalized spacial score (nSPS) is 11.1. The number of hydrogen-bond donors (Lipinski definition) is 2. The van der Waals surface area contributed by atoms with Crippen molar-refractivity contribution in [1.29, 1.82) is 0 Å². The Labute approximate surface area is 827 Å². The van der Waals surface area contributed by atoms with E-state index >= 15 is 0 Å². The van der Waals surface area contributed by atoms with Crippen LogP contribution in [0.4, 0.5) is 5.69 Å². The molecule has 0 saturated heterocycles. The Morgan fingerprint density at radius 3 is 1.07 bits per heavy atom. The van der Waals surface area contributed by atoms with Crippen LogP contribution < -0.4 is 22.7 Å². The Hall–Kier alpha value is -5.56. The van der Waals surface area contributed by atoms with E-state index in [-0.39, 0.29) is 113 Å². The average molecular weight is 2250 g/mol. The second kappa shape index (κ2) is 53.4. The number of anilines is 1. The molecule has 0 aliphatic heterocycles. The number of aliphatic hydroxyl groups excluding tert-OH is 1. The van der Waals surface area contributed by atoms with Crippen LogP contribution in [0.25, 0.3) is 0 Å². The van der Waals surface area contributed by atoms with Gasteiger partial charge < -0.3 is 46.8 Å². The van der Waals surface area contributed by atoms with Gasteiger partial charge in [0.1, 0.15) is 28.5 Å². The molecule has 32 heteroatoms. The molecule has 123 heavy (non-hydrogen) atoms. The fraction of sp³-hybridized carbons (Fsp3) is 0.253. The van der Waals surface area contributed by atoms with Crippen molar-refractivity contribution < 1.29 is 87.8 Å². The number of aldehydes is 1. The van der Waals surface area contributed by atoms with Gasteiger partial charge in [0, 0.05) is 97.1 Å². The third kappa shape index (κ3) is 43.9. The molecule has 10 rings (SSSR count). The Morgan fingerprint density at radius 1 is 0.423 bits per heavy atom. The van der Waals surface area contributed by atoms with Crippen molar-refractivity contribution in [3.05, 3.63) is 336 Å². The van der Waals surface area contributed by atoms with Gasteiger partial charge in [-0.1, -0.05) is 188 Å². The van der Waals surface area contributed by atoms with Crippen LogP contribution in [0.15, 0.2) is 223 Å². The molecule has 652 valence electrons. The first kappa shape index (κ1) is 114. The SMILES string of the molecule is CC(C)(C)OC(=O)Cc1cc(Br)c(C(=O)c2ccc(Cl)cc2)cc1Cl.CC(C)(C)OC(=O)Cc1ccc(C(=O)c2ccc(Cl)cc2)c(Br)c1.CC(C)(C)OC(=O)Cc1ccc(C(O)c2ccc(Cl)cc2)c(Br)c1.CC(C)(C)OC(=O)Cc1ccc(C=O)c(Br)c1.CCS(=O)(=O)Cl.Clc1cc[c-]cc1.Nc1cc(Br)c(C(=O)c2ccc(Cl)cc2)cc1Cl.[Br-].[Mg+2]. The van der Waals surface area contributed by atoms with Gasteiger partial charge in [-0.2, -0.15) is 30.3 Å². The summed E-state index contributed by atoms with van der Waals surface area (Å²) in [4.78, 5) is 95.4. The van der Waals surface area contributed by atoms with Crippen molar-refractivity contribution in [2.75, 3.05) is 11.5 Å². The molecule has 0 spiro atoms. The van der Waals surface area contributed by atoms with E-state index in [4.69, 9.17) is 106 Å². The second-order valence-electron chi connectivity index (χ2n) is 30.0. The minimum Gasteiger partial charge on any atom is -1.00 e. The number of nitrogens with two attached hydrogens (primary N) is 1. The summed E-state index contributed by atoms with van der Waals surface area (Å²) >= 11 is 57.9. The van der Waals surface area contributed by atoms with Crippen molar-refractivity contribution in [3.63, 3.8) is 0 Å². The maximum Gasteiger partial charge on any atom is 2.00 e. The zero-order chi connectivity index (χ0) is 91.2. The van der Waals surface area contributed by atoms with E-state index in [1.54, 1.807) is 203 Å². The molecule has 10 aromatic carbocycles. The van der Waals surface area contributed by atoms with E-state index in [1.807, 2.05) is 80.5 Å². The van der Waals surface area contributed by atoms with Crippen LogP contribution in [-0.4, -0.2) is 112 Å². The monoisotopic (exact) mass is 2240 g/mol. The van der Waals surface area contributed by atoms with Gasteiger partial charge in [0.05, 0.1) is 42.1 Å². The summed E-state index contributed by atoms with van der Waals surface area (Å²) in [6.07, 6.45) is 0.575. The van der Waals surface area contributed by atoms with Crippen molar-refractivity contribution in [1.82, 2.24) is 0 Å². The molecule has 0 aliphatic carbocycles. The Bertz CT molecular complexity index is 5370. The number of nitrogen functional groups attached to an aromatic ring is 1. The van der Waals surface area contributed by atoms with Gasteiger partial charge in [-0.15, -0.1) is 11.6 Å². The molecule has 0 radical (unpaired) electrons. The van der Waals surface area contributed by atoms with Crippen LogP contribution in [0, 0.1) is 6.07 Å². The van der Waals surface area contributed by atoms with Crippen LogP contribution in [0.3, 0.4) is 0 Å². The molecule has 16 nitrogen and oxygen atoms in total. The van der Waals surface area contributed by atoms with E-state index in [0.29, 0.717) is 98.2 Å². The summed E-state index contributed by atoms with van der Waals surface area (Å²) in [6.45, 7) is 23.4. The Kier molecular flexibility index (Phi) is 49.3. The first-order valence-corrected chi connectivity index (χ1v) is 45.5. The largest absolute Gasteiger partial charge is 2.00 e. The van der Waals surface area contributed by atoms with Gasteiger partial charge >= 0.3 is 46.9 Å². The van der Waals surface area contributed by atoms with Crippen LogP contribution in [-0.2, 0) is 72.9 Å². The van der Waals surface area contributed by atoms with Crippen LogP contribution in [0.1, 0.15) is 188 Å². The maximum absolute atomic E-state index is 12.6. The number of esters is 4. The molecular formula is C91H87Br6Cl8MgNO15S. The summed E-state index contributed by atoms with van der Waals surface area (Å²) < 4.78 is 43.9. The predicted octanol–water partition coefficient (Wildman–Crippen LogP) is 23.2. The van der Waals surface area contributed by atoms with Crippen molar-refractivity contribution in [3.8, 4) is 0 Å². The van der Waals surface area contributed by atoms with E-state index in [9.17, 15) is 51.9 Å². The Balaban J connectivity index is 0.000000502. The van der Waals surface area contributed by atoms with E-state index in [1.165, 1.54) is 6.92 Å². The van der Waals surface area contributed by atoms with Crippen LogP contribution in [0.2, 0.25) is 35.2 Å². The second-order valence-corrected chi connectivity index (χ2v) is 40.3. The third-order valence-corrected chi connectivity index (χ3v) is 21.8. The van der Waals surface area contributed by atoms with Crippen LogP contribution >= 0.6 is 172 Å². The van der Waals surface area contributed by atoms with Gasteiger partial charge in [-0.05, 0) is 266 Å². The van der Waals surface area contributed by atoms with Gasteiger partial charge in [0.25, 0.3) is 0 Å². The molecule has 1 atom stereocenters. The van der Waals surface area contributed by atoms with Crippen LogP contribution in [0.5, 0.6) is 0 Å². The minimum atomic E-state index is -3.19. The summed E-state index contributed by atoms with van der Waals surface area (Å²) in [7, 11) is 1.50. The number of aliphatic hydroxyl groups is 1. The zero-order valence-electron chi connectivity index (χ0n) is 68.9. The number of rotatable bonds is 18. The smallest absolute Gasteiger partial charge is 1.00 e. The molecule has 0 heterocycles. The fourth-order valence-electron chi connectivity index (χ4n) is 9.79. The number of carbonyl (C=O) groups excluding carboxylic acids is 8. The van der Waals surface area contributed by atoms with Crippen molar-refractivity contribution in [2.24, 2.45) is 0 Å². The molecule has 3 N–H and O–H groups in total. The van der Waals surface area contributed by atoms with Gasteiger partial charge in [-0.25, -0.2) is 8.42 Å². The van der Waals surface area contributed by atoms with E-state index in [2.05, 4.69) is 96.4 Å². The first-order chi connectivity index (χ1) is 56.1. The standard InChI is InChI=1S/C19H17BrCl2O3.C19H20BrClO3.C19H18BrClO3.C13H8BrCl2NO.C13H15BrO3.C6H4Cl.C2H5ClO2S.BrH.Mg/c1-19(2,3)25-17(23)9-12-8-15(20)14(10-16(12)22)18(24)11-4-6-13(21)7-5-11;2*1-19(2,3)24-17(22)11-12-4-9-15(16(20)10-12)18(23)13-5-7-14(21)8-6-13;14-10-6-12(17)11(16)5-9(10)13(18)7-1-3-8(15)4-2-7;1-13(2,3)17-12(16)7-9-4-5-10(8-15)11(14)6-9;7-6-4-2-1-3-5-6;1-2-6(3,4)5;;/h4-8,10H,9H2,1-3H3;4-10,18,23H,11H2,1-3H3;4-10H,11H2,1-3H3;1-6H,17H2;4-6,8H,7H2,1-3H3;2-5H;2H2,1H3;1H;/q;;;;;-1;;;+2/p-1. The first-order valence-electron chi connectivity index (χ1n) is 36.4. The molecule has 0 amide bonds. The van der Waals surface area contributed by atoms with Gasteiger partial charge in [-0.3, -0.25) is 38.4 Å². The molecule has 0 saturated carbocycles. The van der Waals surface area contributed by atoms with Gasteiger partial charge in [0.15, 0.2) is 23.6 Å².